The first kappa shape index (κ1) is 13.6. The number of hydrogen-bond donors (Lipinski definition) is 2. The number of hydrogen-bond acceptors (Lipinski definition) is 5. The summed E-state index contributed by atoms with van der Waals surface area (Å²) in [4.78, 5) is 14.8. The maximum Gasteiger partial charge on any atom is 0.441 e. The van der Waals surface area contributed by atoms with E-state index in [2.05, 4.69) is 15.4 Å². The van der Waals surface area contributed by atoms with Gasteiger partial charge < -0.3 is 11.1 Å². The molecular formula is C7H10F3N5OS. The molecule has 0 unspecified atom stereocenters. The van der Waals surface area contributed by atoms with Crippen LogP contribution in [0.4, 0.5) is 19.1 Å². The van der Waals surface area contributed by atoms with Gasteiger partial charge in [-0.3, -0.25) is 4.79 Å². The topological polar surface area (TPSA) is 85.8 Å². The van der Waals surface area contributed by atoms with Crippen LogP contribution in [-0.4, -0.2) is 38.5 Å². The minimum Gasteiger partial charge on any atom is -0.367 e. The number of carbonyl (C=O) groups is 1. The van der Waals surface area contributed by atoms with E-state index < -0.39 is 11.4 Å². The number of rotatable bonds is 5. The largest absolute Gasteiger partial charge is 0.441 e. The van der Waals surface area contributed by atoms with E-state index >= 15 is 0 Å². The van der Waals surface area contributed by atoms with Gasteiger partial charge in [-0.1, -0.05) is 0 Å². The number of carbonyl (C=O) groups excluding carboxylic acids is 1. The van der Waals surface area contributed by atoms with E-state index in [1.807, 2.05) is 0 Å². The van der Waals surface area contributed by atoms with E-state index in [-0.39, 0.29) is 36.6 Å². The number of anilines is 1. The van der Waals surface area contributed by atoms with Gasteiger partial charge in [0.1, 0.15) is 12.9 Å². The molecule has 1 rings (SSSR count). The monoisotopic (exact) mass is 269 g/mol. The van der Waals surface area contributed by atoms with Crippen molar-refractivity contribution in [3.63, 3.8) is 0 Å². The van der Waals surface area contributed by atoms with Crippen molar-refractivity contribution in [3.05, 3.63) is 6.33 Å². The third-order valence-corrected chi connectivity index (χ3v) is 2.29. The molecule has 0 aliphatic rings. The van der Waals surface area contributed by atoms with Crippen LogP contribution >= 0.6 is 11.8 Å². The van der Waals surface area contributed by atoms with Crippen LogP contribution in [0.2, 0.25) is 0 Å². The zero-order chi connectivity index (χ0) is 12.9. The van der Waals surface area contributed by atoms with E-state index in [0.717, 1.165) is 0 Å². The van der Waals surface area contributed by atoms with Crippen LogP contribution in [0.15, 0.2) is 6.33 Å². The molecule has 0 fully saturated rings. The number of nitrogens with one attached hydrogen (secondary N) is 1. The van der Waals surface area contributed by atoms with Gasteiger partial charge in [0.25, 0.3) is 0 Å². The van der Waals surface area contributed by atoms with Crippen molar-refractivity contribution in [1.29, 1.82) is 0 Å². The molecule has 1 aromatic heterocycles. The fraction of sp³-hybridized carbons (Fsp3) is 0.571. The molecule has 6 nitrogen and oxygen atoms in total. The molecule has 0 aliphatic heterocycles. The van der Waals surface area contributed by atoms with Gasteiger partial charge in [-0.05, 0) is 11.8 Å². The summed E-state index contributed by atoms with van der Waals surface area (Å²) in [6, 6.07) is 0. The number of nitrogens with zero attached hydrogens (tertiary/aromatic N) is 3. The predicted molar refractivity (Wildman–Crippen MR) is 56.0 cm³/mol. The zero-order valence-electron chi connectivity index (χ0n) is 8.57. The van der Waals surface area contributed by atoms with Crippen molar-refractivity contribution in [2.45, 2.75) is 12.1 Å². The molecule has 0 spiro atoms. The Morgan fingerprint density at radius 1 is 1.59 bits per heavy atom. The van der Waals surface area contributed by atoms with Crippen molar-refractivity contribution in [3.8, 4) is 0 Å². The summed E-state index contributed by atoms with van der Waals surface area (Å²) in [5, 5.41) is 5.98. The van der Waals surface area contributed by atoms with Gasteiger partial charge in [0.05, 0.1) is 0 Å². The first-order valence-corrected chi connectivity index (χ1v) is 5.48. The standard InChI is InChI=1S/C7H10F3N5OS/c8-7(9,10)17-2-1-12-5(16)3-15-4-13-6(11)14-15/h4H,1-3H2,(H2,11,14)(H,12,16). The van der Waals surface area contributed by atoms with Crippen molar-refractivity contribution in [1.82, 2.24) is 20.1 Å². The number of amides is 1. The molecule has 0 bridgehead atoms. The first-order valence-electron chi connectivity index (χ1n) is 4.49. The van der Waals surface area contributed by atoms with Crippen LogP contribution in [0, 0.1) is 0 Å². The van der Waals surface area contributed by atoms with Gasteiger partial charge in [-0.2, -0.15) is 13.2 Å². The van der Waals surface area contributed by atoms with Crippen LogP contribution in [0.5, 0.6) is 0 Å². The normalized spacial score (nSPS) is 11.5. The highest BCUT2D eigenvalue weighted by Crippen LogP contribution is 2.29. The Labute approximate surface area is 98.8 Å². The summed E-state index contributed by atoms with van der Waals surface area (Å²) in [6.07, 6.45) is 1.26. The molecule has 0 atom stereocenters. The Bertz CT molecular complexity index is 380. The van der Waals surface area contributed by atoms with Gasteiger partial charge in [0.2, 0.25) is 11.9 Å². The van der Waals surface area contributed by atoms with Gasteiger partial charge in [0.15, 0.2) is 0 Å². The smallest absolute Gasteiger partial charge is 0.367 e. The Morgan fingerprint density at radius 2 is 2.29 bits per heavy atom. The number of nitrogen functional groups attached to an aromatic ring is 1. The van der Waals surface area contributed by atoms with E-state index in [1.165, 1.54) is 11.0 Å². The lowest BCUT2D eigenvalue weighted by molar-refractivity contribution is -0.121. The quantitative estimate of drug-likeness (QED) is 0.747. The lowest BCUT2D eigenvalue weighted by Crippen LogP contribution is -2.30. The highest BCUT2D eigenvalue weighted by atomic mass is 32.2. The first-order chi connectivity index (χ1) is 7.87. The second kappa shape index (κ2) is 5.75. The van der Waals surface area contributed by atoms with Crippen molar-refractivity contribution in [2.75, 3.05) is 18.0 Å². The predicted octanol–water partition coefficient (Wildman–Crippen LogP) is 0.229. The SMILES string of the molecule is Nc1ncn(CC(=O)NCCSC(F)(F)F)n1. The second-order valence-corrected chi connectivity index (χ2v) is 4.10. The fourth-order valence-electron chi connectivity index (χ4n) is 0.945. The third-order valence-electron chi connectivity index (χ3n) is 1.55. The van der Waals surface area contributed by atoms with Crippen LogP contribution in [0.3, 0.4) is 0 Å². The molecule has 3 N–H and O–H groups in total. The Hall–Kier alpha value is -1.45. The fourth-order valence-corrected chi connectivity index (χ4v) is 1.38. The molecule has 0 aliphatic carbocycles. The zero-order valence-corrected chi connectivity index (χ0v) is 9.38. The van der Waals surface area contributed by atoms with Crippen molar-refractivity contribution < 1.29 is 18.0 Å². The van der Waals surface area contributed by atoms with Crippen molar-refractivity contribution >= 4 is 23.6 Å². The van der Waals surface area contributed by atoms with E-state index in [4.69, 9.17) is 5.73 Å². The second-order valence-electron chi connectivity index (χ2n) is 2.94. The Balaban J connectivity index is 2.18. The average Bonchev–Trinajstić information content (AvgIpc) is 2.57. The van der Waals surface area contributed by atoms with Gasteiger partial charge in [-0.25, -0.2) is 9.67 Å². The van der Waals surface area contributed by atoms with E-state index in [0.29, 0.717) is 0 Å². The summed E-state index contributed by atoms with van der Waals surface area (Å²) >= 11 is -0.184. The van der Waals surface area contributed by atoms with Gasteiger partial charge in [0, 0.05) is 12.3 Å². The number of nitrogens with two attached hydrogens (primary N) is 1. The Morgan fingerprint density at radius 3 is 2.82 bits per heavy atom. The maximum absolute atomic E-state index is 11.7. The molecule has 10 heteroatoms. The number of alkyl halides is 3. The Kier molecular flexibility index (Phi) is 4.61. The average molecular weight is 269 g/mol. The number of halogens is 3. The minimum absolute atomic E-state index is 0.0328. The summed E-state index contributed by atoms with van der Waals surface area (Å²) in [7, 11) is 0. The molecular weight excluding hydrogens is 259 g/mol. The minimum atomic E-state index is -4.27. The van der Waals surface area contributed by atoms with Crippen molar-refractivity contribution in [2.24, 2.45) is 0 Å². The number of thioether (sulfide) groups is 1. The molecule has 0 saturated carbocycles. The van der Waals surface area contributed by atoms with Crippen LogP contribution in [-0.2, 0) is 11.3 Å². The van der Waals surface area contributed by atoms with Crippen LogP contribution in [0.1, 0.15) is 0 Å². The number of aromatic nitrogens is 3. The van der Waals surface area contributed by atoms with E-state index in [9.17, 15) is 18.0 Å². The summed E-state index contributed by atoms with van der Waals surface area (Å²) in [5.41, 5.74) is 0.948. The van der Waals surface area contributed by atoms with E-state index in [1.54, 1.807) is 0 Å². The lowest BCUT2D eigenvalue weighted by Gasteiger charge is -2.06. The molecule has 0 radical (unpaired) electrons. The van der Waals surface area contributed by atoms with Crippen LogP contribution < -0.4 is 11.1 Å². The summed E-state index contributed by atoms with van der Waals surface area (Å²) in [6.45, 7) is -0.186. The maximum atomic E-state index is 11.7. The third kappa shape index (κ3) is 6.00. The van der Waals surface area contributed by atoms with Gasteiger partial charge in [-0.15, -0.1) is 5.10 Å². The highest BCUT2D eigenvalue weighted by molar-refractivity contribution is 8.00. The summed E-state index contributed by atoms with van der Waals surface area (Å²) < 4.78 is 36.4. The molecule has 17 heavy (non-hydrogen) atoms. The van der Waals surface area contributed by atoms with Crippen LogP contribution in [0.25, 0.3) is 0 Å². The molecule has 0 aromatic carbocycles. The molecule has 0 saturated heterocycles. The highest BCUT2D eigenvalue weighted by Gasteiger charge is 2.27. The molecule has 1 aromatic rings. The van der Waals surface area contributed by atoms with Gasteiger partial charge >= 0.3 is 5.51 Å². The molecule has 96 valence electrons. The summed E-state index contributed by atoms with van der Waals surface area (Å²) in [5.74, 6) is -0.641. The molecule has 1 heterocycles. The lowest BCUT2D eigenvalue weighted by atomic mass is 10.5. The molecule has 1 amide bonds.